The Bertz CT molecular complexity index is 1420. The predicted molar refractivity (Wildman–Crippen MR) is 138 cm³/mol. The number of hydrogen-bond acceptors (Lipinski definition) is 5. The van der Waals surface area contributed by atoms with Gasteiger partial charge in [0.05, 0.1) is 13.2 Å². The molecule has 1 aliphatic heterocycles. The summed E-state index contributed by atoms with van der Waals surface area (Å²) in [5, 5.41) is 4.50. The lowest BCUT2D eigenvalue weighted by Crippen LogP contribution is -2.61. The molecule has 0 spiro atoms. The normalized spacial score (nSPS) is 15.1. The Hall–Kier alpha value is -3.70. The van der Waals surface area contributed by atoms with Gasteiger partial charge in [0.25, 0.3) is 0 Å². The van der Waals surface area contributed by atoms with Crippen LogP contribution in [-0.4, -0.2) is 42.6 Å². The Morgan fingerprint density at radius 2 is 1.23 bits per heavy atom. The monoisotopic (exact) mass is 467 g/mol. The molecule has 0 saturated heterocycles. The van der Waals surface area contributed by atoms with Crippen LogP contribution in [0.3, 0.4) is 0 Å². The third-order valence-corrected chi connectivity index (χ3v) is 7.01. The maximum atomic E-state index is 13.5. The third-order valence-electron chi connectivity index (χ3n) is 7.01. The molecule has 0 aromatic heterocycles. The van der Waals surface area contributed by atoms with Gasteiger partial charge in [0.1, 0.15) is 0 Å². The molecule has 1 aliphatic rings. The van der Waals surface area contributed by atoms with E-state index in [1.807, 2.05) is 24.3 Å². The highest BCUT2D eigenvalue weighted by Gasteiger charge is 2.53. The van der Waals surface area contributed by atoms with E-state index in [1.165, 1.54) is 0 Å². The number of benzene rings is 4. The summed E-state index contributed by atoms with van der Waals surface area (Å²) in [6.07, 6.45) is 0.157. The molecule has 1 heterocycles. The van der Waals surface area contributed by atoms with Crippen LogP contribution in [0.5, 0.6) is 0 Å². The average Bonchev–Trinajstić information content (AvgIpc) is 2.86. The molecule has 0 bridgehead atoms. The SMILES string of the molecule is CCOC(=O)C1(C(=O)OCC)Cc2ccc3ccccc3c2-c2c(ccc3ccccc23)CN1C. The van der Waals surface area contributed by atoms with Gasteiger partial charge in [0.2, 0.25) is 5.54 Å². The molecule has 4 aromatic carbocycles. The number of nitrogens with zero attached hydrogens (tertiary/aromatic N) is 1. The summed E-state index contributed by atoms with van der Waals surface area (Å²) in [6, 6.07) is 24.9. The van der Waals surface area contributed by atoms with Gasteiger partial charge in [-0.1, -0.05) is 72.8 Å². The Morgan fingerprint density at radius 3 is 1.77 bits per heavy atom. The Kier molecular flexibility index (Phi) is 6.03. The van der Waals surface area contributed by atoms with Crippen LogP contribution in [0, 0.1) is 0 Å². The molecule has 5 heteroatoms. The Balaban J connectivity index is 1.88. The first-order valence-corrected chi connectivity index (χ1v) is 12.1. The van der Waals surface area contributed by atoms with Crippen molar-refractivity contribution in [3.63, 3.8) is 0 Å². The van der Waals surface area contributed by atoms with Crippen LogP contribution < -0.4 is 0 Å². The largest absolute Gasteiger partial charge is 0.464 e. The van der Waals surface area contributed by atoms with Crippen LogP contribution >= 0.6 is 0 Å². The Morgan fingerprint density at radius 1 is 0.743 bits per heavy atom. The average molecular weight is 468 g/mol. The fourth-order valence-electron chi connectivity index (χ4n) is 5.34. The third kappa shape index (κ3) is 3.67. The van der Waals surface area contributed by atoms with Crippen molar-refractivity contribution < 1.29 is 19.1 Å². The van der Waals surface area contributed by atoms with E-state index in [0.717, 1.165) is 43.8 Å². The van der Waals surface area contributed by atoms with E-state index < -0.39 is 17.5 Å². The van der Waals surface area contributed by atoms with Gasteiger partial charge in [-0.25, -0.2) is 9.59 Å². The lowest BCUT2D eigenvalue weighted by molar-refractivity contribution is -0.174. The molecule has 0 amide bonds. The molecule has 4 aromatic rings. The molecule has 5 rings (SSSR count). The fraction of sp³-hybridized carbons (Fsp3) is 0.267. The second-order valence-electron chi connectivity index (χ2n) is 8.98. The van der Waals surface area contributed by atoms with E-state index in [0.29, 0.717) is 6.54 Å². The highest BCUT2D eigenvalue weighted by atomic mass is 16.6. The molecule has 0 radical (unpaired) electrons. The highest BCUT2D eigenvalue weighted by molar-refractivity contribution is 6.10. The van der Waals surface area contributed by atoms with Crippen LogP contribution in [0.4, 0.5) is 0 Å². The van der Waals surface area contributed by atoms with Gasteiger partial charge in [-0.05, 0) is 64.7 Å². The first-order valence-electron chi connectivity index (χ1n) is 12.1. The van der Waals surface area contributed by atoms with E-state index in [4.69, 9.17) is 9.47 Å². The highest BCUT2D eigenvalue weighted by Crippen LogP contribution is 2.43. The van der Waals surface area contributed by atoms with Crippen molar-refractivity contribution in [2.75, 3.05) is 20.3 Å². The van der Waals surface area contributed by atoms with Gasteiger partial charge < -0.3 is 9.47 Å². The minimum absolute atomic E-state index is 0.157. The van der Waals surface area contributed by atoms with E-state index >= 15 is 0 Å². The van der Waals surface area contributed by atoms with Crippen LogP contribution in [0.15, 0.2) is 72.8 Å². The van der Waals surface area contributed by atoms with Crippen LogP contribution in [0.2, 0.25) is 0 Å². The topological polar surface area (TPSA) is 55.8 Å². The molecule has 35 heavy (non-hydrogen) atoms. The molecular formula is C30H29NO4. The Labute approximate surface area is 205 Å². The standard InChI is InChI=1S/C30H29NO4/c1-4-34-28(32)30(29(33)35-5-2)18-22-16-14-20-10-6-8-12-24(20)26(22)27-23(19-31(30)3)17-15-21-11-7-9-13-25(21)27/h6-17H,4-5,18-19H2,1-3H3. The minimum atomic E-state index is -1.59. The maximum absolute atomic E-state index is 13.5. The van der Waals surface area contributed by atoms with Gasteiger partial charge >= 0.3 is 11.9 Å². The summed E-state index contributed by atoms with van der Waals surface area (Å²) in [4.78, 5) is 28.9. The lowest BCUT2D eigenvalue weighted by Gasteiger charge is -2.40. The summed E-state index contributed by atoms with van der Waals surface area (Å²) < 4.78 is 11.0. The van der Waals surface area contributed by atoms with Gasteiger partial charge in [-0.3, -0.25) is 4.90 Å². The van der Waals surface area contributed by atoms with Crippen molar-refractivity contribution in [1.82, 2.24) is 4.90 Å². The van der Waals surface area contributed by atoms with E-state index in [2.05, 4.69) is 48.5 Å². The van der Waals surface area contributed by atoms with Crippen molar-refractivity contribution in [2.24, 2.45) is 0 Å². The summed E-state index contributed by atoms with van der Waals surface area (Å²) in [7, 11) is 1.80. The van der Waals surface area contributed by atoms with Crippen molar-refractivity contribution in [3.8, 4) is 11.1 Å². The number of fused-ring (bicyclic) bond motifs is 7. The quantitative estimate of drug-likeness (QED) is 0.293. The molecular weight excluding hydrogens is 438 g/mol. The number of ether oxygens (including phenoxy) is 2. The van der Waals surface area contributed by atoms with Gasteiger partial charge in [-0.15, -0.1) is 0 Å². The maximum Gasteiger partial charge on any atom is 0.338 e. The van der Waals surface area contributed by atoms with Crippen LogP contribution in [0.25, 0.3) is 32.7 Å². The van der Waals surface area contributed by atoms with E-state index in [9.17, 15) is 9.59 Å². The second-order valence-corrected chi connectivity index (χ2v) is 8.98. The number of carbonyl (C=O) groups is 2. The summed E-state index contributed by atoms with van der Waals surface area (Å²) in [5.74, 6) is -1.16. The number of carbonyl (C=O) groups excluding carboxylic acids is 2. The molecule has 178 valence electrons. The molecule has 0 N–H and O–H groups in total. The van der Waals surface area contributed by atoms with E-state index in [1.54, 1.807) is 25.8 Å². The predicted octanol–water partition coefficient (Wildman–Crippen LogP) is 5.51. The lowest BCUT2D eigenvalue weighted by atomic mass is 9.79. The smallest absolute Gasteiger partial charge is 0.338 e. The van der Waals surface area contributed by atoms with Crippen LogP contribution in [0.1, 0.15) is 25.0 Å². The summed E-state index contributed by atoms with van der Waals surface area (Å²) in [5.41, 5.74) is 2.56. The summed E-state index contributed by atoms with van der Waals surface area (Å²) in [6.45, 7) is 4.25. The van der Waals surface area contributed by atoms with Gasteiger partial charge in [0.15, 0.2) is 0 Å². The zero-order valence-electron chi connectivity index (χ0n) is 20.3. The number of esters is 2. The number of hydrogen-bond donors (Lipinski definition) is 0. The first-order chi connectivity index (χ1) is 17.0. The molecule has 0 saturated carbocycles. The van der Waals surface area contributed by atoms with Crippen molar-refractivity contribution in [1.29, 1.82) is 0 Å². The van der Waals surface area contributed by atoms with Crippen molar-refractivity contribution in [2.45, 2.75) is 32.4 Å². The first kappa shape index (κ1) is 23.1. The molecule has 0 atom stereocenters. The molecule has 0 aliphatic carbocycles. The minimum Gasteiger partial charge on any atom is -0.464 e. The van der Waals surface area contributed by atoms with Crippen molar-refractivity contribution in [3.05, 3.63) is 83.9 Å². The number of likely N-dealkylation sites (N-methyl/N-ethyl adjacent to an activating group) is 1. The van der Waals surface area contributed by atoms with Crippen molar-refractivity contribution >= 4 is 33.5 Å². The zero-order chi connectivity index (χ0) is 24.6. The second kappa shape index (κ2) is 9.16. The number of rotatable bonds is 4. The fourth-order valence-corrected chi connectivity index (χ4v) is 5.34. The molecule has 5 nitrogen and oxygen atoms in total. The van der Waals surface area contributed by atoms with Crippen LogP contribution in [-0.2, 0) is 32.0 Å². The van der Waals surface area contributed by atoms with E-state index in [-0.39, 0.29) is 19.6 Å². The van der Waals surface area contributed by atoms with Gasteiger partial charge in [-0.2, -0.15) is 0 Å². The van der Waals surface area contributed by atoms with Gasteiger partial charge in [0, 0.05) is 13.0 Å². The summed E-state index contributed by atoms with van der Waals surface area (Å²) >= 11 is 0. The molecule has 0 fully saturated rings. The zero-order valence-corrected chi connectivity index (χ0v) is 20.3. The molecule has 0 unspecified atom stereocenters.